The van der Waals surface area contributed by atoms with Gasteiger partial charge in [0.1, 0.15) is 23.4 Å². The quantitative estimate of drug-likeness (QED) is 0.0990. The van der Waals surface area contributed by atoms with Gasteiger partial charge in [-0.25, -0.2) is 9.37 Å². The fraction of sp³-hybridized carbons (Fsp3) is 0.300. The van der Waals surface area contributed by atoms with Crippen LogP contribution in [0, 0.1) is 5.82 Å². The molecule has 302 valence electrons. The largest absolute Gasteiger partial charge is 0.494 e. The number of imide groups is 2. The molecule has 4 heterocycles. The summed E-state index contributed by atoms with van der Waals surface area (Å²) in [6.07, 6.45) is -2.67. The number of benzene rings is 3. The Bertz CT molecular complexity index is 2310. The molecule has 1 unspecified atom stereocenters. The molecule has 3 aliphatic rings. The first-order chi connectivity index (χ1) is 27.7. The van der Waals surface area contributed by atoms with E-state index in [4.69, 9.17) is 4.74 Å². The van der Waals surface area contributed by atoms with Crippen molar-refractivity contribution < 1.29 is 46.3 Å². The standard InChI is InChI=1S/C40H38F4N8O6/c1-45-36(54)24-5-3-4-6-28(24)48-30-18-33(47-20-26(30)40(42,43)44)49-29-8-7-23(17-32(29)58-2)51-13-11-22(12-14-51)46-19-21-15-25-35(27(41)16-21)39(57)52(38(25)56)31-9-10-34(53)50-37(31)55/h3-8,15-18,20,22,31,46H,9-14,19H2,1-2H3,(H,45,54)(H2,47,48,49)(H,50,53,55). The molecule has 0 radical (unpaired) electrons. The summed E-state index contributed by atoms with van der Waals surface area (Å²) in [4.78, 5) is 69.5. The van der Waals surface area contributed by atoms with Crippen molar-refractivity contribution in [3.05, 3.63) is 100 Å². The van der Waals surface area contributed by atoms with Crippen molar-refractivity contribution in [2.45, 2.75) is 50.5 Å². The molecule has 5 N–H and O–H groups in total. The lowest BCUT2D eigenvalue weighted by Gasteiger charge is -2.34. The van der Waals surface area contributed by atoms with Crippen molar-refractivity contribution >= 4 is 58.1 Å². The van der Waals surface area contributed by atoms with Crippen molar-refractivity contribution in [1.29, 1.82) is 0 Å². The number of methoxy groups -OCH3 is 1. The molecule has 2 saturated heterocycles. The lowest BCUT2D eigenvalue weighted by atomic mass is 10.0. The second kappa shape index (κ2) is 16.1. The number of carbonyl (C=O) groups excluding carboxylic acids is 5. The molecule has 1 aromatic heterocycles. The predicted octanol–water partition coefficient (Wildman–Crippen LogP) is 5.25. The van der Waals surface area contributed by atoms with E-state index in [1.54, 1.807) is 18.2 Å². The summed E-state index contributed by atoms with van der Waals surface area (Å²) in [5.41, 5.74) is 0.254. The highest BCUT2D eigenvalue weighted by Gasteiger charge is 2.46. The molecule has 7 rings (SSSR count). The summed E-state index contributed by atoms with van der Waals surface area (Å²) in [5, 5.41) is 13.8. The van der Waals surface area contributed by atoms with E-state index < -0.39 is 53.1 Å². The van der Waals surface area contributed by atoms with Gasteiger partial charge in [-0.15, -0.1) is 0 Å². The van der Waals surface area contributed by atoms with Crippen LogP contribution in [0.1, 0.15) is 67.9 Å². The third-order valence-corrected chi connectivity index (χ3v) is 10.3. The van der Waals surface area contributed by atoms with Crippen molar-refractivity contribution in [2.75, 3.05) is 42.8 Å². The first-order valence-corrected chi connectivity index (χ1v) is 18.4. The van der Waals surface area contributed by atoms with Gasteiger partial charge in [0, 0.05) is 63.2 Å². The highest BCUT2D eigenvalue weighted by Crippen LogP contribution is 2.39. The van der Waals surface area contributed by atoms with Gasteiger partial charge in [0.05, 0.1) is 46.4 Å². The molecule has 0 bridgehead atoms. The molecular weight excluding hydrogens is 764 g/mol. The highest BCUT2D eigenvalue weighted by molar-refractivity contribution is 6.23. The number of carbonyl (C=O) groups is 5. The van der Waals surface area contributed by atoms with Gasteiger partial charge >= 0.3 is 6.18 Å². The molecule has 4 aromatic rings. The van der Waals surface area contributed by atoms with Crippen molar-refractivity contribution in [3.63, 3.8) is 0 Å². The van der Waals surface area contributed by atoms with Gasteiger partial charge in [0.2, 0.25) is 11.8 Å². The monoisotopic (exact) mass is 802 g/mol. The number of ether oxygens (including phenoxy) is 1. The van der Waals surface area contributed by atoms with Crippen LogP contribution in [0.2, 0.25) is 0 Å². The molecule has 0 aliphatic carbocycles. The van der Waals surface area contributed by atoms with Gasteiger partial charge in [-0.3, -0.25) is 34.2 Å². The Morgan fingerprint density at radius 1 is 0.931 bits per heavy atom. The normalized spacial score (nSPS) is 17.2. The van der Waals surface area contributed by atoms with Crippen molar-refractivity contribution in [3.8, 4) is 5.75 Å². The number of aromatic nitrogens is 1. The zero-order valence-electron chi connectivity index (χ0n) is 31.3. The Balaban J connectivity index is 0.985. The van der Waals surface area contributed by atoms with Crippen LogP contribution in [-0.2, 0) is 22.3 Å². The fourth-order valence-electron chi connectivity index (χ4n) is 7.35. The Labute approximate surface area is 329 Å². The minimum absolute atomic E-state index is 0.0307. The van der Waals surface area contributed by atoms with E-state index in [1.807, 2.05) is 12.1 Å². The maximum absolute atomic E-state index is 15.2. The van der Waals surface area contributed by atoms with E-state index >= 15 is 4.39 Å². The Morgan fingerprint density at radius 3 is 2.40 bits per heavy atom. The molecule has 3 aliphatic heterocycles. The van der Waals surface area contributed by atoms with Gasteiger partial charge in [-0.1, -0.05) is 12.1 Å². The lowest BCUT2D eigenvalue weighted by Crippen LogP contribution is -2.54. The topological polar surface area (TPSA) is 174 Å². The summed E-state index contributed by atoms with van der Waals surface area (Å²) in [6, 6.07) is 14.3. The molecule has 1 atom stereocenters. The highest BCUT2D eigenvalue weighted by atomic mass is 19.4. The molecule has 0 saturated carbocycles. The first-order valence-electron chi connectivity index (χ1n) is 18.4. The van der Waals surface area contributed by atoms with Crippen LogP contribution < -0.4 is 36.2 Å². The second-order valence-corrected chi connectivity index (χ2v) is 14.0. The van der Waals surface area contributed by atoms with Crippen LogP contribution in [0.25, 0.3) is 0 Å². The molecule has 3 aromatic carbocycles. The second-order valence-electron chi connectivity index (χ2n) is 14.0. The maximum atomic E-state index is 15.2. The number of hydrogen-bond donors (Lipinski definition) is 5. The Morgan fingerprint density at radius 2 is 1.69 bits per heavy atom. The third kappa shape index (κ3) is 8.00. The minimum Gasteiger partial charge on any atom is -0.494 e. The zero-order chi connectivity index (χ0) is 41.3. The first kappa shape index (κ1) is 39.7. The number of fused-ring (bicyclic) bond motifs is 1. The molecule has 14 nitrogen and oxygen atoms in total. The number of alkyl halides is 3. The zero-order valence-corrected chi connectivity index (χ0v) is 31.3. The van der Waals surface area contributed by atoms with Gasteiger partial charge in [0.15, 0.2) is 0 Å². The summed E-state index contributed by atoms with van der Waals surface area (Å²) in [6.45, 7) is 1.51. The molecule has 58 heavy (non-hydrogen) atoms. The summed E-state index contributed by atoms with van der Waals surface area (Å²) < 4.78 is 62.9. The van der Waals surface area contributed by atoms with Gasteiger partial charge in [-0.2, -0.15) is 13.2 Å². The number of nitrogens with one attached hydrogen (secondary N) is 5. The Kier molecular flexibility index (Phi) is 11.0. The number of anilines is 5. The average molecular weight is 803 g/mol. The van der Waals surface area contributed by atoms with Gasteiger partial charge in [-0.05, 0) is 61.2 Å². The average Bonchev–Trinajstić information content (AvgIpc) is 3.45. The van der Waals surface area contributed by atoms with Crippen molar-refractivity contribution in [2.24, 2.45) is 0 Å². The number of piperidine rings is 2. The number of pyridine rings is 1. The third-order valence-electron chi connectivity index (χ3n) is 10.3. The minimum atomic E-state index is -4.73. The molecule has 5 amide bonds. The molecular formula is C40H38F4N8O6. The van der Waals surface area contributed by atoms with Crippen LogP contribution in [0.5, 0.6) is 5.75 Å². The number of hydrogen-bond acceptors (Lipinski definition) is 11. The summed E-state index contributed by atoms with van der Waals surface area (Å²) >= 11 is 0. The molecule has 0 spiro atoms. The lowest BCUT2D eigenvalue weighted by molar-refractivity contribution is -0.137. The SMILES string of the molecule is CNC(=O)c1ccccc1Nc1cc(Nc2ccc(N3CCC(NCc4cc(F)c5c(c4)C(=O)N(C4CCC(=O)NC4=O)C5=O)CC3)cc2OC)ncc1C(F)(F)F. The van der Waals surface area contributed by atoms with E-state index in [0.29, 0.717) is 49.1 Å². The fourth-order valence-corrected chi connectivity index (χ4v) is 7.35. The van der Waals surface area contributed by atoms with Crippen LogP contribution >= 0.6 is 0 Å². The smallest absolute Gasteiger partial charge is 0.419 e. The summed E-state index contributed by atoms with van der Waals surface area (Å²) in [7, 11) is 2.90. The van der Waals surface area contributed by atoms with Crippen molar-refractivity contribution in [1.82, 2.24) is 25.8 Å². The van der Waals surface area contributed by atoms with E-state index in [1.165, 1.54) is 44.5 Å². The number of rotatable bonds is 11. The molecule has 2 fully saturated rings. The van der Waals surface area contributed by atoms with Crippen LogP contribution in [0.15, 0.2) is 66.9 Å². The number of nitrogens with zero attached hydrogens (tertiary/aromatic N) is 3. The van der Waals surface area contributed by atoms with Gasteiger partial charge < -0.3 is 30.9 Å². The molecule has 18 heteroatoms. The summed E-state index contributed by atoms with van der Waals surface area (Å²) in [5.74, 6) is -3.77. The van der Waals surface area contributed by atoms with E-state index in [0.717, 1.165) is 10.6 Å². The number of amides is 5. The van der Waals surface area contributed by atoms with E-state index in [9.17, 15) is 37.1 Å². The van der Waals surface area contributed by atoms with Crippen LogP contribution in [0.4, 0.5) is 46.1 Å². The van der Waals surface area contributed by atoms with Crippen LogP contribution in [-0.4, -0.2) is 78.8 Å². The number of para-hydroxylation sites is 1. The maximum Gasteiger partial charge on any atom is 0.419 e. The van der Waals surface area contributed by atoms with E-state index in [-0.39, 0.29) is 59.3 Å². The van der Waals surface area contributed by atoms with Crippen LogP contribution in [0.3, 0.4) is 0 Å². The number of halogens is 4. The van der Waals surface area contributed by atoms with E-state index in [2.05, 4.69) is 36.5 Å². The Hall–Kier alpha value is -6.56. The van der Waals surface area contributed by atoms with Gasteiger partial charge in [0.25, 0.3) is 17.7 Å². The predicted molar refractivity (Wildman–Crippen MR) is 204 cm³/mol.